The van der Waals surface area contributed by atoms with Gasteiger partial charge in [-0.15, -0.1) is 0 Å². The molecular formula is C27H28F2N2O5. The molecule has 1 aliphatic heterocycles. The highest BCUT2D eigenvalue weighted by atomic mass is 19.1. The maximum absolute atomic E-state index is 14.3. The number of carbonyl (C=O) groups is 1. The van der Waals surface area contributed by atoms with Crippen molar-refractivity contribution in [2.24, 2.45) is 0 Å². The second-order valence-corrected chi connectivity index (χ2v) is 8.31. The monoisotopic (exact) mass is 498 g/mol. The number of hydrogen-bond acceptors (Lipinski definition) is 5. The predicted molar refractivity (Wildman–Crippen MR) is 131 cm³/mol. The SMILES string of the molecule is COc1ccc(CC2c3cc(OC)c(OC)cc3CCN2C(=O)Nc2ccc(F)cc2F)cc1OC. The molecule has 0 spiro atoms. The van der Waals surface area contributed by atoms with Crippen LogP contribution in [-0.2, 0) is 12.8 Å². The first kappa shape index (κ1) is 25.1. The minimum absolute atomic E-state index is 0.0932. The molecule has 1 heterocycles. The Morgan fingerprint density at radius 1 is 0.889 bits per heavy atom. The van der Waals surface area contributed by atoms with E-state index in [9.17, 15) is 13.6 Å². The summed E-state index contributed by atoms with van der Waals surface area (Å²) in [5.74, 6) is 0.752. The molecule has 1 aliphatic rings. The van der Waals surface area contributed by atoms with Crippen molar-refractivity contribution in [2.45, 2.75) is 18.9 Å². The minimum atomic E-state index is -0.844. The number of anilines is 1. The van der Waals surface area contributed by atoms with E-state index in [0.29, 0.717) is 42.4 Å². The van der Waals surface area contributed by atoms with Crippen LogP contribution in [0.5, 0.6) is 23.0 Å². The first-order chi connectivity index (χ1) is 17.4. The molecule has 7 nitrogen and oxygen atoms in total. The average molecular weight is 499 g/mol. The highest BCUT2D eigenvalue weighted by Crippen LogP contribution is 2.40. The molecular weight excluding hydrogens is 470 g/mol. The van der Waals surface area contributed by atoms with E-state index in [-0.39, 0.29) is 5.69 Å². The summed E-state index contributed by atoms with van der Waals surface area (Å²) in [6.07, 6.45) is 1.01. The summed E-state index contributed by atoms with van der Waals surface area (Å²) in [5, 5.41) is 2.59. The van der Waals surface area contributed by atoms with Crippen molar-refractivity contribution in [3.63, 3.8) is 0 Å². The van der Waals surface area contributed by atoms with Gasteiger partial charge >= 0.3 is 6.03 Å². The van der Waals surface area contributed by atoms with Crippen molar-refractivity contribution in [1.29, 1.82) is 0 Å². The number of fused-ring (bicyclic) bond motifs is 1. The number of amides is 2. The van der Waals surface area contributed by atoms with Gasteiger partial charge in [0.15, 0.2) is 23.0 Å². The Balaban J connectivity index is 1.73. The van der Waals surface area contributed by atoms with Crippen molar-refractivity contribution >= 4 is 11.7 Å². The number of nitrogens with one attached hydrogen (secondary N) is 1. The van der Waals surface area contributed by atoms with Gasteiger partial charge in [-0.05, 0) is 65.9 Å². The van der Waals surface area contributed by atoms with Gasteiger partial charge in [0.2, 0.25) is 0 Å². The zero-order valence-corrected chi connectivity index (χ0v) is 20.6. The number of halogens is 2. The van der Waals surface area contributed by atoms with Crippen LogP contribution in [0.2, 0.25) is 0 Å². The van der Waals surface area contributed by atoms with Crippen LogP contribution in [0, 0.1) is 11.6 Å². The van der Waals surface area contributed by atoms with Gasteiger partial charge in [0.25, 0.3) is 0 Å². The van der Waals surface area contributed by atoms with Gasteiger partial charge in [0.05, 0.1) is 40.2 Å². The lowest BCUT2D eigenvalue weighted by Gasteiger charge is -2.38. The van der Waals surface area contributed by atoms with Crippen LogP contribution in [0.3, 0.4) is 0 Å². The van der Waals surface area contributed by atoms with Crippen LogP contribution in [0.15, 0.2) is 48.5 Å². The van der Waals surface area contributed by atoms with Crippen LogP contribution in [0.1, 0.15) is 22.7 Å². The molecule has 0 fully saturated rings. The molecule has 0 saturated heterocycles. The van der Waals surface area contributed by atoms with Crippen LogP contribution in [0.4, 0.5) is 19.3 Å². The van der Waals surface area contributed by atoms with Gasteiger partial charge in [-0.2, -0.15) is 0 Å². The molecule has 1 atom stereocenters. The fourth-order valence-corrected chi connectivity index (χ4v) is 4.50. The molecule has 0 bridgehead atoms. The molecule has 1 unspecified atom stereocenters. The van der Waals surface area contributed by atoms with Crippen molar-refractivity contribution in [2.75, 3.05) is 40.3 Å². The van der Waals surface area contributed by atoms with Crippen molar-refractivity contribution in [3.8, 4) is 23.0 Å². The highest BCUT2D eigenvalue weighted by molar-refractivity contribution is 5.90. The predicted octanol–water partition coefficient (Wildman–Crippen LogP) is 5.37. The topological polar surface area (TPSA) is 69.3 Å². The van der Waals surface area contributed by atoms with E-state index in [2.05, 4.69) is 5.32 Å². The molecule has 9 heteroatoms. The largest absolute Gasteiger partial charge is 0.493 e. The van der Waals surface area contributed by atoms with Crippen molar-refractivity contribution < 1.29 is 32.5 Å². The Morgan fingerprint density at radius 2 is 1.56 bits per heavy atom. The molecule has 190 valence electrons. The fourth-order valence-electron chi connectivity index (χ4n) is 4.50. The molecule has 3 aromatic carbocycles. The smallest absolute Gasteiger partial charge is 0.322 e. The fraction of sp³-hybridized carbons (Fsp3) is 0.296. The molecule has 0 aromatic heterocycles. The average Bonchev–Trinajstić information content (AvgIpc) is 2.89. The summed E-state index contributed by atoms with van der Waals surface area (Å²) in [6.45, 7) is 0.384. The summed E-state index contributed by atoms with van der Waals surface area (Å²) < 4.78 is 49.4. The number of benzene rings is 3. The number of hydrogen-bond donors (Lipinski definition) is 1. The van der Waals surface area contributed by atoms with E-state index in [0.717, 1.165) is 28.8 Å². The lowest BCUT2D eigenvalue weighted by Crippen LogP contribution is -2.43. The van der Waals surface area contributed by atoms with Gasteiger partial charge < -0.3 is 29.2 Å². The standard InChI is InChI=1S/C27H28F2N2O5/c1-33-23-8-5-16(12-24(23)34-2)11-22-19-15-26(36-4)25(35-3)13-17(19)9-10-31(22)27(32)30-21-7-6-18(28)14-20(21)29/h5-8,12-15,22H,9-11H2,1-4H3,(H,30,32). The third-order valence-electron chi connectivity index (χ3n) is 6.31. The van der Waals surface area contributed by atoms with E-state index < -0.39 is 23.7 Å². The van der Waals surface area contributed by atoms with E-state index in [1.807, 2.05) is 30.3 Å². The number of carbonyl (C=O) groups excluding carboxylic acids is 1. The van der Waals surface area contributed by atoms with Crippen LogP contribution < -0.4 is 24.3 Å². The zero-order chi connectivity index (χ0) is 25.8. The number of rotatable bonds is 7. The molecule has 0 radical (unpaired) electrons. The summed E-state index contributed by atoms with van der Waals surface area (Å²) in [7, 11) is 6.25. The van der Waals surface area contributed by atoms with Gasteiger partial charge in [0.1, 0.15) is 11.6 Å². The summed E-state index contributed by atoms with van der Waals surface area (Å²) >= 11 is 0. The van der Waals surface area contributed by atoms with E-state index in [4.69, 9.17) is 18.9 Å². The lowest BCUT2D eigenvalue weighted by molar-refractivity contribution is 0.181. The van der Waals surface area contributed by atoms with Crippen LogP contribution >= 0.6 is 0 Å². The van der Waals surface area contributed by atoms with E-state index in [1.54, 1.807) is 33.3 Å². The van der Waals surface area contributed by atoms with Gasteiger partial charge in [-0.3, -0.25) is 0 Å². The molecule has 3 aromatic rings. The first-order valence-corrected chi connectivity index (χ1v) is 11.4. The Hall–Kier alpha value is -4.01. The molecule has 0 saturated carbocycles. The van der Waals surface area contributed by atoms with Gasteiger partial charge in [-0.25, -0.2) is 13.6 Å². The second kappa shape index (κ2) is 10.7. The summed E-state index contributed by atoms with van der Waals surface area (Å²) in [6, 6.07) is 11.5. The third-order valence-corrected chi connectivity index (χ3v) is 6.31. The maximum atomic E-state index is 14.3. The Bertz CT molecular complexity index is 1270. The Kier molecular flexibility index (Phi) is 7.47. The van der Waals surface area contributed by atoms with Crippen LogP contribution in [-0.4, -0.2) is 45.9 Å². The third kappa shape index (κ3) is 5.00. The number of nitrogens with zero attached hydrogens (tertiary/aromatic N) is 1. The normalized spacial score (nSPS) is 14.6. The first-order valence-electron chi connectivity index (χ1n) is 11.4. The number of methoxy groups -OCH3 is 4. The van der Waals surface area contributed by atoms with E-state index >= 15 is 0 Å². The maximum Gasteiger partial charge on any atom is 0.322 e. The molecule has 36 heavy (non-hydrogen) atoms. The minimum Gasteiger partial charge on any atom is -0.493 e. The molecule has 2 amide bonds. The summed E-state index contributed by atoms with van der Waals surface area (Å²) in [4.78, 5) is 15.0. The molecule has 1 N–H and O–H groups in total. The molecule has 4 rings (SSSR count). The number of urea groups is 1. The second-order valence-electron chi connectivity index (χ2n) is 8.31. The summed E-state index contributed by atoms with van der Waals surface area (Å²) in [5.41, 5.74) is 2.73. The van der Waals surface area contributed by atoms with Crippen molar-refractivity contribution in [3.05, 3.63) is 76.9 Å². The zero-order valence-electron chi connectivity index (χ0n) is 20.6. The van der Waals surface area contributed by atoms with E-state index in [1.165, 1.54) is 6.07 Å². The lowest BCUT2D eigenvalue weighted by atomic mass is 9.88. The van der Waals surface area contributed by atoms with Gasteiger partial charge in [-0.1, -0.05) is 6.07 Å². The van der Waals surface area contributed by atoms with Crippen LogP contribution in [0.25, 0.3) is 0 Å². The highest BCUT2D eigenvalue weighted by Gasteiger charge is 2.33. The van der Waals surface area contributed by atoms with Crippen molar-refractivity contribution in [1.82, 2.24) is 4.90 Å². The number of ether oxygens (including phenoxy) is 4. The Morgan fingerprint density at radius 3 is 2.22 bits per heavy atom. The quantitative estimate of drug-likeness (QED) is 0.474. The van der Waals surface area contributed by atoms with Gasteiger partial charge in [0, 0.05) is 12.6 Å². The molecule has 0 aliphatic carbocycles. The Labute approximate surface area is 208 Å².